The number of carbonyl (C=O) groups excluding carboxylic acids is 1. The van der Waals surface area contributed by atoms with E-state index in [9.17, 15) is 4.79 Å². The van der Waals surface area contributed by atoms with E-state index in [1.807, 2.05) is 0 Å². The van der Waals surface area contributed by atoms with Crippen LogP contribution in [0.15, 0.2) is 0 Å². The van der Waals surface area contributed by atoms with Crippen LogP contribution in [-0.2, 0) is 17.6 Å². The summed E-state index contributed by atoms with van der Waals surface area (Å²) >= 11 is 0. The van der Waals surface area contributed by atoms with Gasteiger partial charge in [0.15, 0.2) is 5.69 Å². The molecular weight excluding hydrogens is 246 g/mol. The molecule has 1 aromatic heterocycles. The molecule has 0 unspecified atom stereocenters. The molecule has 0 atom stereocenters. The molecule has 106 valence electrons. The minimum Gasteiger partial charge on any atom is -0.395 e. The summed E-state index contributed by atoms with van der Waals surface area (Å²) < 4.78 is 5.00. The lowest BCUT2D eigenvalue weighted by atomic mass is 9.95. The van der Waals surface area contributed by atoms with Crippen LogP contribution in [0.5, 0.6) is 0 Å². The van der Waals surface area contributed by atoms with Crippen molar-refractivity contribution in [1.82, 2.24) is 15.1 Å². The van der Waals surface area contributed by atoms with Crippen molar-refractivity contribution < 1.29 is 14.6 Å². The summed E-state index contributed by atoms with van der Waals surface area (Å²) in [4.78, 5) is 14.0. The summed E-state index contributed by atoms with van der Waals surface area (Å²) in [5.74, 6) is -0.120. The second-order valence-corrected chi connectivity index (χ2v) is 4.75. The van der Waals surface area contributed by atoms with Gasteiger partial charge in [-0.15, -0.1) is 0 Å². The predicted octanol–water partition coefficient (Wildman–Crippen LogP) is 0.369. The molecule has 0 bridgehead atoms. The van der Waals surface area contributed by atoms with Gasteiger partial charge in [-0.05, 0) is 25.7 Å². The minimum absolute atomic E-state index is 0.0535. The molecule has 1 amide bonds. The van der Waals surface area contributed by atoms with E-state index in [4.69, 9.17) is 9.84 Å². The fourth-order valence-corrected chi connectivity index (χ4v) is 2.44. The highest BCUT2D eigenvalue weighted by Crippen LogP contribution is 2.22. The number of aliphatic hydroxyl groups excluding tert-OH is 1. The van der Waals surface area contributed by atoms with Gasteiger partial charge in [-0.1, -0.05) is 0 Å². The van der Waals surface area contributed by atoms with E-state index in [2.05, 4.69) is 10.2 Å². The van der Waals surface area contributed by atoms with Crippen LogP contribution in [0.4, 0.5) is 0 Å². The molecule has 19 heavy (non-hydrogen) atoms. The highest BCUT2D eigenvalue weighted by Gasteiger charge is 2.25. The number of methoxy groups -OCH3 is 1. The number of aromatic nitrogens is 2. The monoisotopic (exact) mass is 267 g/mol. The number of carbonyl (C=O) groups is 1. The summed E-state index contributed by atoms with van der Waals surface area (Å²) in [5, 5.41) is 16.2. The first-order valence-electron chi connectivity index (χ1n) is 6.73. The van der Waals surface area contributed by atoms with Gasteiger partial charge < -0.3 is 14.7 Å². The maximum Gasteiger partial charge on any atom is 0.274 e. The first-order valence-corrected chi connectivity index (χ1v) is 6.73. The number of hydrogen-bond acceptors (Lipinski definition) is 4. The number of rotatable bonds is 6. The number of nitrogens with zero attached hydrogens (tertiary/aromatic N) is 2. The van der Waals surface area contributed by atoms with Gasteiger partial charge in [0.25, 0.3) is 5.91 Å². The largest absolute Gasteiger partial charge is 0.395 e. The van der Waals surface area contributed by atoms with Gasteiger partial charge in [-0.25, -0.2) is 0 Å². The second kappa shape index (κ2) is 6.68. The normalized spacial score (nSPS) is 14.2. The predicted molar refractivity (Wildman–Crippen MR) is 70.1 cm³/mol. The average Bonchev–Trinajstić information content (AvgIpc) is 2.86. The van der Waals surface area contributed by atoms with Crippen LogP contribution in [0, 0.1) is 0 Å². The molecule has 0 saturated carbocycles. The maximum absolute atomic E-state index is 12.5. The third-order valence-corrected chi connectivity index (χ3v) is 3.48. The Morgan fingerprint density at radius 3 is 2.95 bits per heavy atom. The molecule has 0 aliphatic heterocycles. The summed E-state index contributed by atoms with van der Waals surface area (Å²) in [7, 11) is 1.60. The molecule has 0 spiro atoms. The fraction of sp³-hybridized carbons (Fsp3) is 0.692. The molecule has 0 radical (unpaired) electrons. The third-order valence-electron chi connectivity index (χ3n) is 3.48. The number of nitrogens with one attached hydrogen (secondary N) is 1. The van der Waals surface area contributed by atoms with Crippen LogP contribution in [0.25, 0.3) is 0 Å². The van der Waals surface area contributed by atoms with Crippen molar-refractivity contribution in [3.05, 3.63) is 17.0 Å². The fourth-order valence-electron chi connectivity index (χ4n) is 2.44. The van der Waals surface area contributed by atoms with Crippen molar-refractivity contribution in [2.75, 3.05) is 33.4 Å². The van der Waals surface area contributed by atoms with E-state index in [1.54, 1.807) is 12.0 Å². The smallest absolute Gasteiger partial charge is 0.274 e. The van der Waals surface area contributed by atoms with Gasteiger partial charge in [-0.2, -0.15) is 5.10 Å². The molecule has 2 rings (SSSR count). The Balaban J connectivity index is 2.14. The van der Waals surface area contributed by atoms with Crippen molar-refractivity contribution in [3.63, 3.8) is 0 Å². The topological polar surface area (TPSA) is 78.5 Å². The highest BCUT2D eigenvalue weighted by atomic mass is 16.5. The lowest BCUT2D eigenvalue weighted by Crippen LogP contribution is -2.37. The Kier molecular flexibility index (Phi) is 4.93. The lowest BCUT2D eigenvalue weighted by molar-refractivity contribution is 0.0649. The third kappa shape index (κ3) is 3.13. The summed E-state index contributed by atoms with van der Waals surface area (Å²) in [5.41, 5.74) is 2.65. The Bertz CT molecular complexity index is 431. The van der Waals surface area contributed by atoms with E-state index in [-0.39, 0.29) is 12.5 Å². The van der Waals surface area contributed by atoms with Crippen LogP contribution in [0.2, 0.25) is 0 Å². The molecule has 6 nitrogen and oxygen atoms in total. The van der Waals surface area contributed by atoms with Crippen molar-refractivity contribution >= 4 is 5.91 Å². The molecule has 1 aromatic rings. The number of amides is 1. The van der Waals surface area contributed by atoms with Crippen molar-refractivity contribution in [3.8, 4) is 0 Å². The number of aryl methyl sites for hydroxylation is 1. The van der Waals surface area contributed by atoms with Gasteiger partial charge in [-0.3, -0.25) is 9.89 Å². The summed E-state index contributed by atoms with van der Waals surface area (Å²) in [6.07, 6.45) is 4.12. The molecule has 0 fully saturated rings. The van der Waals surface area contributed by atoms with E-state index in [0.717, 1.165) is 36.9 Å². The second-order valence-electron chi connectivity index (χ2n) is 4.75. The first kappa shape index (κ1) is 14.0. The van der Waals surface area contributed by atoms with Gasteiger partial charge >= 0.3 is 0 Å². The molecule has 0 saturated heterocycles. The van der Waals surface area contributed by atoms with E-state index < -0.39 is 0 Å². The van der Waals surface area contributed by atoms with Crippen LogP contribution in [0.3, 0.4) is 0 Å². The Labute approximate surface area is 112 Å². The maximum atomic E-state index is 12.5. The number of aromatic amines is 1. The van der Waals surface area contributed by atoms with Crippen molar-refractivity contribution in [2.45, 2.75) is 25.7 Å². The first-order chi connectivity index (χ1) is 9.27. The summed E-state index contributed by atoms with van der Waals surface area (Å²) in [6.45, 7) is 1.18. The minimum atomic E-state index is -0.120. The van der Waals surface area contributed by atoms with Crippen LogP contribution in [-0.4, -0.2) is 59.5 Å². The molecule has 1 heterocycles. The number of fused-ring (bicyclic) bond motifs is 1. The quantitative estimate of drug-likeness (QED) is 0.780. The van der Waals surface area contributed by atoms with E-state index in [1.165, 1.54) is 0 Å². The number of hydrogen-bond donors (Lipinski definition) is 2. The molecule has 0 aromatic carbocycles. The molecule has 6 heteroatoms. The zero-order valence-corrected chi connectivity index (χ0v) is 11.3. The van der Waals surface area contributed by atoms with Gasteiger partial charge in [0.1, 0.15) is 0 Å². The summed E-state index contributed by atoms with van der Waals surface area (Å²) in [6, 6.07) is 0. The standard InChI is InChI=1S/C13H21N3O3/c1-19-9-7-16(6-8-17)13(18)12-10-4-2-3-5-11(10)14-15-12/h17H,2-9H2,1H3,(H,14,15). The number of H-pyrrole nitrogens is 1. The average molecular weight is 267 g/mol. The van der Waals surface area contributed by atoms with E-state index in [0.29, 0.717) is 25.4 Å². The van der Waals surface area contributed by atoms with Crippen molar-refractivity contribution in [2.24, 2.45) is 0 Å². The molecule has 1 aliphatic carbocycles. The molecule has 1 aliphatic rings. The van der Waals surface area contributed by atoms with E-state index >= 15 is 0 Å². The molecule has 2 N–H and O–H groups in total. The van der Waals surface area contributed by atoms with Crippen LogP contribution in [0.1, 0.15) is 34.6 Å². The Morgan fingerprint density at radius 2 is 2.21 bits per heavy atom. The van der Waals surface area contributed by atoms with Gasteiger partial charge in [0, 0.05) is 31.5 Å². The van der Waals surface area contributed by atoms with Crippen molar-refractivity contribution in [1.29, 1.82) is 0 Å². The van der Waals surface area contributed by atoms with Crippen LogP contribution >= 0.6 is 0 Å². The zero-order chi connectivity index (χ0) is 13.7. The lowest BCUT2D eigenvalue weighted by Gasteiger charge is -2.21. The van der Waals surface area contributed by atoms with Crippen LogP contribution < -0.4 is 0 Å². The Hall–Kier alpha value is -1.40. The SMILES string of the molecule is COCCN(CCO)C(=O)c1n[nH]c2c1CCCC2. The zero-order valence-electron chi connectivity index (χ0n) is 11.3. The highest BCUT2D eigenvalue weighted by molar-refractivity contribution is 5.94. The van der Waals surface area contributed by atoms with Gasteiger partial charge in [0.05, 0.1) is 13.2 Å². The van der Waals surface area contributed by atoms with Gasteiger partial charge in [0.2, 0.25) is 0 Å². The Morgan fingerprint density at radius 1 is 1.42 bits per heavy atom. The molecular formula is C13H21N3O3. The number of aliphatic hydroxyl groups is 1. The number of ether oxygens (including phenoxy) is 1.